The second kappa shape index (κ2) is 5.91. The lowest BCUT2D eigenvalue weighted by atomic mass is 10.0. The molecule has 94 valence electrons. The summed E-state index contributed by atoms with van der Waals surface area (Å²) in [5, 5.41) is 8.92. The van der Waals surface area contributed by atoms with E-state index in [0.717, 1.165) is 10.0 Å². The van der Waals surface area contributed by atoms with E-state index in [2.05, 4.69) is 15.9 Å². The van der Waals surface area contributed by atoms with Crippen LogP contribution >= 0.6 is 15.9 Å². The molecule has 1 unspecified atom stereocenters. The van der Waals surface area contributed by atoms with E-state index in [1.165, 1.54) is 0 Å². The van der Waals surface area contributed by atoms with Gasteiger partial charge >= 0.3 is 5.97 Å². The van der Waals surface area contributed by atoms with Crippen molar-refractivity contribution in [2.75, 3.05) is 14.2 Å². The van der Waals surface area contributed by atoms with Gasteiger partial charge in [0.2, 0.25) is 0 Å². The maximum atomic E-state index is 10.9. The third-order valence-electron chi connectivity index (χ3n) is 2.48. The van der Waals surface area contributed by atoms with Crippen molar-refractivity contribution in [2.45, 2.75) is 13.3 Å². The number of hydrogen-bond donors (Lipinski definition) is 1. The van der Waals surface area contributed by atoms with Crippen LogP contribution in [0.25, 0.3) is 0 Å². The van der Waals surface area contributed by atoms with E-state index in [1.807, 2.05) is 0 Å². The van der Waals surface area contributed by atoms with Crippen LogP contribution in [0, 0.1) is 5.92 Å². The molecular formula is C12H15BrO4. The van der Waals surface area contributed by atoms with Gasteiger partial charge in [-0.15, -0.1) is 0 Å². The predicted molar refractivity (Wildman–Crippen MR) is 67.7 cm³/mol. The lowest BCUT2D eigenvalue weighted by Crippen LogP contribution is -2.13. The van der Waals surface area contributed by atoms with Crippen LogP contribution in [-0.4, -0.2) is 25.3 Å². The van der Waals surface area contributed by atoms with Gasteiger partial charge in [-0.05, 0) is 40.0 Å². The molecule has 1 aromatic rings. The first-order valence-electron chi connectivity index (χ1n) is 5.12. The van der Waals surface area contributed by atoms with Gasteiger partial charge in [0.15, 0.2) is 0 Å². The molecule has 0 amide bonds. The molecule has 1 rings (SSSR count). The summed E-state index contributed by atoms with van der Waals surface area (Å²) in [6, 6.07) is 3.58. The van der Waals surface area contributed by atoms with Crippen LogP contribution in [0.5, 0.6) is 11.5 Å². The van der Waals surface area contributed by atoms with E-state index in [1.54, 1.807) is 33.3 Å². The highest BCUT2D eigenvalue weighted by atomic mass is 79.9. The number of hydrogen-bond acceptors (Lipinski definition) is 3. The molecule has 0 aliphatic carbocycles. The topological polar surface area (TPSA) is 55.8 Å². The maximum absolute atomic E-state index is 10.9. The monoisotopic (exact) mass is 302 g/mol. The highest BCUT2D eigenvalue weighted by Crippen LogP contribution is 2.34. The predicted octanol–water partition coefficient (Wildman–Crippen LogP) is 2.73. The second-order valence-electron chi connectivity index (χ2n) is 3.75. The van der Waals surface area contributed by atoms with Crippen LogP contribution in [0.3, 0.4) is 0 Å². The molecule has 0 aliphatic heterocycles. The van der Waals surface area contributed by atoms with Gasteiger partial charge in [-0.3, -0.25) is 4.79 Å². The van der Waals surface area contributed by atoms with Crippen molar-refractivity contribution >= 4 is 21.9 Å². The first kappa shape index (κ1) is 13.8. The Morgan fingerprint density at radius 2 is 2.06 bits per heavy atom. The molecule has 1 N–H and O–H groups in total. The SMILES string of the molecule is COc1cc(Br)c(OC)c(CC(C)C(=O)O)c1. The van der Waals surface area contributed by atoms with Crippen molar-refractivity contribution in [3.8, 4) is 11.5 Å². The number of aliphatic carboxylic acids is 1. The van der Waals surface area contributed by atoms with Crippen molar-refractivity contribution < 1.29 is 19.4 Å². The number of carboxylic acid groups (broad SMARTS) is 1. The van der Waals surface area contributed by atoms with E-state index in [4.69, 9.17) is 14.6 Å². The van der Waals surface area contributed by atoms with Crippen molar-refractivity contribution in [2.24, 2.45) is 5.92 Å². The van der Waals surface area contributed by atoms with Gasteiger partial charge in [0.25, 0.3) is 0 Å². The zero-order valence-electron chi connectivity index (χ0n) is 9.99. The fourth-order valence-corrected chi connectivity index (χ4v) is 2.18. The zero-order valence-corrected chi connectivity index (χ0v) is 11.6. The highest BCUT2D eigenvalue weighted by Gasteiger charge is 2.17. The van der Waals surface area contributed by atoms with E-state index in [0.29, 0.717) is 17.9 Å². The maximum Gasteiger partial charge on any atom is 0.306 e. The standard InChI is InChI=1S/C12H15BrO4/c1-7(12(14)15)4-8-5-9(16-2)6-10(13)11(8)17-3/h5-7H,4H2,1-3H3,(H,14,15). The van der Waals surface area contributed by atoms with Gasteiger partial charge in [-0.2, -0.15) is 0 Å². The highest BCUT2D eigenvalue weighted by molar-refractivity contribution is 9.10. The molecule has 0 radical (unpaired) electrons. The Hall–Kier alpha value is -1.23. The number of methoxy groups -OCH3 is 2. The number of rotatable bonds is 5. The Kier molecular flexibility index (Phi) is 4.81. The molecular weight excluding hydrogens is 288 g/mol. The Morgan fingerprint density at radius 3 is 2.53 bits per heavy atom. The molecule has 4 nitrogen and oxygen atoms in total. The first-order chi connectivity index (χ1) is 7.99. The third kappa shape index (κ3) is 3.36. The fraction of sp³-hybridized carbons (Fsp3) is 0.417. The van der Waals surface area contributed by atoms with Crippen molar-refractivity contribution in [1.29, 1.82) is 0 Å². The average Bonchev–Trinajstić information content (AvgIpc) is 2.28. The number of carboxylic acids is 1. The molecule has 0 saturated carbocycles. The van der Waals surface area contributed by atoms with Crippen LogP contribution in [-0.2, 0) is 11.2 Å². The molecule has 5 heteroatoms. The van der Waals surface area contributed by atoms with Gasteiger partial charge in [-0.25, -0.2) is 0 Å². The van der Waals surface area contributed by atoms with E-state index < -0.39 is 11.9 Å². The third-order valence-corrected chi connectivity index (χ3v) is 3.07. The summed E-state index contributed by atoms with van der Waals surface area (Å²) in [6.45, 7) is 1.66. The van der Waals surface area contributed by atoms with Crippen molar-refractivity contribution in [3.63, 3.8) is 0 Å². The first-order valence-corrected chi connectivity index (χ1v) is 5.92. The fourth-order valence-electron chi connectivity index (χ4n) is 1.54. The number of ether oxygens (including phenoxy) is 2. The van der Waals surface area contributed by atoms with Gasteiger partial charge in [0, 0.05) is 0 Å². The summed E-state index contributed by atoms with van der Waals surface area (Å²) in [5.41, 5.74) is 0.814. The molecule has 0 aliphatic rings. The minimum atomic E-state index is -0.828. The van der Waals surface area contributed by atoms with Gasteiger partial charge in [-0.1, -0.05) is 6.92 Å². The van der Waals surface area contributed by atoms with Gasteiger partial charge < -0.3 is 14.6 Å². The Labute approximate surface area is 109 Å². The van der Waals surface area contributed by atoms with Crippen LogP contribution in [0.15, 0.2) is 16.6 Å². The van der Waals surface area contributed by atoms with E-state index >= 15 is 0 Å². The normalized spacial score (nSPS) is 12.0. The summed E-state index contributed by atoms with van der Waals surface area (Å²) in [6.07, 6.45) is 0.397. The summed E-state index contributed by atoms with van der Waals surface area (Å²) >= 11 is 3.37. The molecule has 0 heterocycles. The largest absolute Gasteiger partial charge is 0.497 e. The Morgan fingerprint density at radius 1 is 1.41 bits per heavy atom. The Bertz CT molecular complexity index is 417. The molecule has 17 heavy (non-hydrogen) atoms. The second-order valence-corrected chi connectivity index (χ2v) is 4.60. The molecule has 1 aromatic carbocycles. The van der Waals surface area contributed by atoms with Crippen molar-refractivity contribution in [3.05, 3.63) is 22.2 Å². The minimum Gasteiger partial charge on any atom is -0.497 e. The quantitative estimate of drug-likeness (QED) is 0.908. The minimum absolute atomic E-state index is 0.397. The summed E-state index contributed by atoms with van der Waals surface area (Å²) in [7, 11) is 3.13. The van der Waals surface area contributed by atoms with Crippen LogP contribution in [0.4, 0.5) is 0 Å². The van der Waals surface area contributed by atoms with Gasteiger partial charge in [0.1, 0.15) is 11.5 Å². The molecule has 0 bridgehead atoms. The number of halogens is 1. The zero-order chi connectivity index (χ0) is 13.0. The smallest absolute Gasteiger partial charge is 0.306 e. The molecule has 1 atom stereocenters. The summed E-state index contributed by atoms with van der Waals surface area (Å²) in [5.74, 6) is 0.0260. The lowest BCUT2D eigenvalue weighted by Gasteiger charge is -2.14. The Balaban J connectivity index is 3.11. The molecule has 0 aromatic heterocycles. The summed E-state index contributed by atoms with van der Waals surface area (Å²) < 4.78 is 11.2. The van der Waals surface area contributed by atoms with Crippen LogP contribution in [0.2, 0.25) is 0 Å². The van der Waals surface area contributed by atoms with E-state index in [-0.39, 0.29) is 0 Å². The lowest BCUT2D eigenvalue weighted by molar-refractivity contribution is -0.141. The number of carbonyl (C=O) groups is 1. The average molecular weight is 303 g/mol. The summed E-state index contributed by atoms with van der Waals surface area (Å²) in [4.78, 5) is 10.9. The molecule has 0 fully saturated rings. The molecule has 0 saturated heterocycles. The van der Waals surface area contributed by atoms with Crippen LogP contribution in [0.1, 0.15) is 12.5 Å². The van der Waals surface area contributed by atoms with Crippen molar-refractivity contribution in [1.82, 2.24) is 0 Å². The number of benzene rings is 1. The molecule has 0 spiro atoms. The van der Waals surface area contributed by atoms with Gasteiger partial charge in [0.05, 0.1) is 24.6 Å². The van der Waals surface area contributed by atoms with Crippen LogP contribution < -0.4 is 9.47 Å². The van der Waals surface area contributed by atoms with E-state index in [9.17, 15) is 4.79 Å².